The number of thiazole rings is 1. The maximum absolute atomic E-state index is 12.9. The van der Waals surface area contributed by atoms with Gasteiger partial charge in [-0.25, -0.2) is 13.4 Å². The Labute approximate surface area is 193 Å². The van der Waals surface area contributed by atoms with Crippen LogP contribution in [0.3, 0.4) is 0 Å². The highest BCUT2D eigenvalue weighted by Gasteiger charge is 2.21. The van der Waals surface area contributed by atoms with Crippen molar-refractivity contribution in [3.05, 3.63) is 64.2 Å². The van der Waals surface area contributed by atoms with Crippen LogP contribution in [0.2, 0.25) is 0 Å². The Bertz CT molecular complexity index is 1210. The lowest BCUT2D eigenvalue weighted by Crippen LogP contribution is -2.22. The van der Waals surface area contributed by atoms with Crippen molar-refractivity contribution < 1.29 is 13.2 Å². The van der Waals surface area contributed by atoms with E-state index in [0.717, 1.165) is 41.2 Å². The number of aryl methyl sites for hydroxylation is 3. The molecule has 1 aromatic heterocycles. The molecule has 9 heteroatoms. The second-order valence-corrected chi connectivity index (χ2v) is 10.2. The van der Waals surface area contributed by atoms with Gasteiger partial charge in [-0.1, -0.05) is 29.0 Å². The third kappa shape index (κ3) is 5.28. The first kappa shape index (κ1) is 23.7. The topological polar surface area (TPSA) is 91.4 Å². The number of hydrogen-bond donors (Lipinski definition) is 2. The van der Waals surface area contributed by atoms with E-state index in [1.807, 2.05) is 32.0 Å². The minimum Gasteiger partial charge on any atom is -0.372 e. The quantitative estimate of drug-likeness (QED) is 0.483. The van der Waals surface area contributed by atoms with Gasteiger partial charge in [0, 0.05) is 24.5 Å². The molecule has 3 aromatic rings. The average molecular weight is 473 g/mol. The molecule has 0 atom stereocenters. The third-order valence-corrected chi connectivity index (χ3v) is 7.70. The van der Waals surface area contributed by atoms with Gasteiger partial charge < -0.3 is 10.2 Å². The molecular weight excluding hydrogens is 444 g/mol. The molecule has 32 heavy (non-hydrogen) atoms. The molecule has 0 radical (unpaired) electrons. The smallest absolute Gasteiger partial charge is 0.267 e. The normalized spacial score (nSPS) is 11.3. The SMILES string of the molecule is CCN(CC)c1ccc(NC(=O)c2sc(NS(=O)(=O)c3ccc(C)cc3)nc2C)c(C)c1. The van der Waals surface area contributed by atoms with Crippen molar-refractivity contribution in [2.24, 2.45) is 0 Å². The number of nitrogens with one attached hydrogen (secondary N) is 2. The Hall–Kier alpha value is -2.91. The Kier molecular flexibility index (Phi) is 7.20. The van der Waals surface area contributed by atoms with E-state index in [0.29, 0.717) is 16.3 Å². The lowest BCUT2D eigenvalue weighted by atomic mass is 10.1. The Balaban J connectivity index is 1.77. The number of aromatic nitrogens is 1. The van der Waals surface area contributed by atoms with Crippen molar-refractivity contribution in [1.82, 2.24) is 4.98 Å². The first-order chi connectivity index (χ1) is 15.1. The number of carbonyl (C=O) groups is 1. The van der Waals surface area contributed by atoms with E-state index in [1.54, 1.807) is 19.1 Å². The van der Waals surface area contributed by atoms with Crippen LogP contribution in [0.1, 0.15) is 40.3 Å². The molecule has 0 fully saturated rings. The summed E-state index contributed by atoms with van der Waals surface area (Å²) in [7, 11) is -3.78. The fourth-order valence-corrected chi connectivity index (χ4v) is 5.39. The van der Waals surface area contributed by atoms with E-state index in [2.05, 4.69) is 33.8 Å². The molecule has 2 N–H and O–H groups in total. The molecule has 3 rings (SSSR count). The van der Waals surface area contributed by atoms with E-state index in [4.69, 9.17) is 0 Å². The van der Waals surface area contributed by atoms with E-state index in [-0.39, 0.29) is 15.9 Å². The molecule has 0 saturated heterocycles. The molecule has 0 aliphatic heterocycles. The molecule has 2 aromatic carbocycles. The molecule has 1 amide bonds. The van der Waals surface area contributed by atoms with E-state index < -0.39 is 10.0 Å². The van der Waals surface area contributed by atoms with Crippen LogP contribution in [-0.4, -0.2) is 32.4 Å². The van der Waals surface area contributed by atoms with Gasteiger partial charge in [-0.3, -0.25) is 9.52 Å². The number of amides is 1. The maximum Gasteiger partial charge on any atom is 0.267 e. The minimum atomic E-state index is -3.78. The highest BCUT2D eigenvalue weighted by atomic mass is 32.2. The summed E-state index contributed by atoms with van der Waals surface area (Å²) in [5.74, 6) is -0.320. The Morgan fingerprint density at radius 3 is 2.28 bits per heavy atom. The number of hydrogen-bond acceptors (Lipinski definition) is 6. The van der Waals surface area contributed by atoms with Gasteiger partial charge in [0.05, 0.1) is 10.6 Å². The van der Waals surface area contributed by atoms with E-state index >= 15 is 0 Å². The number of carbonyl (C=O) groups excluding carboxylic acids is 1. The largest absolute Gasteiger partial charge is 0.372 e. The molecule has 170 valence electrons. The summed E-state index contributed by atoms with van der Waals surface area (Å²) >= 11 is 1.01. The van der Waals surface area contributed by atoms with Gasteiger partial charge in [0.1, 0.15) is 4.88 Å². The van der Waals surface area contributed by atoms with Crippen LogP contribution in [0.25, 0.3) is 0 Å². The first-order valence-corrected chi connectivity index (χ1v) is 12.7. The zero-order valence-corrected chi connectivity index (χ0v) is 20.5. The molecular formula is C23H28N4O3S2. The van der Waals surface area contributed by atoms with Gasteiger partial charge in [-0.2, -0.15) is 0 Å². The van der Waals surface area contributed by atoms with Crippen molar-refractivity contribution >= 4 is 43.8 Å². The van der Waals surface area contributed by atoms with Gasteiger partial charge in [0.2, 0.25) is 0 Å². The zero-order chi connectivity index (χ0) is 23.5. The van der Waals surface area contributed by atoms with Crippen LogP contribution in [0.15, 0.2) is 47.4 Å². The molecule has 0 saturated carbocycles. The van der Waals surface area contributed by atoms with Crippen molar-refractivity contribution in [3.63, 3.8) is 0 Å². The van der Waals surface area contributed by atoms with Crippen molar-refractivity contribution in [2.75, 3.05) is 28.0 Å². The van der Waals surface area contributed by atoms with Crippen molar-refractivity contribution in [1.29, 1.82) is 0 Å². The molecule has 1 heterocycles. The van der Waals surface area contributed by atoms with Crippen molar-refractivity contribution in [3.8, 4) is 0 Å². The average Bonchev–Trinajstić information content (AvgIpc) is 3.10. The summed E-state index contributed by atoms with van der Waals surface area (Å²) in [6.07, 6.45) is 0. The molecule has 0 aliphatic carbocycles. The van der Waals surface area contributed by atoms with E-state index in [1.165, 1.54) is 12.1 Å². The van der Waals surface area contributed by atoms with Gasteiger partial charge in [0.15, 0.2) is 5.13 Å². The first-order valence-electron chi connectivity index (χ1n) is 10.4. The monoisotopic (exact) mass is 472 g/mol. The predicted octanol–water partition coefficient (Wildman–Crippen LogP) is 4.97. The zero-order valence-electron chi connectivity index (χ0n) is 18.9. The molecule has 0 aliphatic rings. The number of anilines is 3. The summed E-state index contributed by atoms with van der Waals surface area (Å²) in [6.45, 7) is 11.5. The minimum absolute atomic E-state index is 0.144. The standard InChI is InChI=1S/C23H28N4O3S2/c1-6-27(7-2)18-10-13-20(16(4)14-18)25-22(28)21-17(5)24-23(31-21)26-32(29,30)19-11-8-15(3)9-12-19/h8-14H,6-7H2,1-5H3,(H,24,26)(H,25,28). The fraction of sp³-hybridized carbons (Fsp3) is 0.304. The fourth-order valence-electron chi connectivity index (χ4n) is 3.29. The van der Waals surface area contributed by atoms with Gasteiger partial charge in [-0.05, 0) is 70.5 Å². The Morgan fingerprint density at radius 1 is 1.03 bits per heavy atom. The number of sulfonamides is 1. The van der Waals surface area contributed by atoms with Gasteiger partial charge in [-0.15, -0.1) is 0 Å². The summed E-state index contributed by atoms with van der Waals surface area (Å²) in [5, 5.41) is 3.07. The lowest BCUT2D eigenvalue weighted by Gasteiger charge is -2.22. The van der Waals surface area contributed by atoms with Crippen LogP contribution >= 0.6 is 11.3 Å². The molecule has 7 nitrogen and oxygen atoms in total. The number of benzene rings is 2. The van der Waals surface area contributed by atoms with Gasteiger partial charge >= 0.3 is 0 Å². The number of rotatable bonds is 8. The van der Waals surface area contributed by atoms with Gasteiger partial charge in [0.25, 0.3) is 15.9 Å². The second kappa shape index (κ2) is 9.70. The molecule has 0 unspecified atom stereocenters. The molecule has 0 bridgehead atoms. The Morgan fingerprint density at radius 2 is 1.69 bits per heavy atom. The van der Waals surface area contributed by atoms with Crippen LogP contribution in [0, 0.1) is 20.8 Å². The summed E-state index contributed by atoms with van der Waals surface area (Å²) < 4.78 is 27.7. The maximum atomic E-state index is 12.9. The highest BCUT2D eigenvalue weighted by molar-refractivity contribution is 7.93. The van der Waals surface area contributed by atoms with Crippen molar-refractivity contribution in [2.45, 2.75) is 39.5 Å². The summed E-state index contributed by atoms with van der Waals surface area (Å²) in [6, 6.07) is 12.5. The lowest BCUT2D eigenvalue weighted by molar-refractivity contribution is 0.102. The predicted molar refractivity (Wildman–Crippen MR) is 132 cm³/mol. The second-order valence-electron chi connectivity index (χ2n) is 7.48. The molecule has 0 spiro atoms. The van der Waals surface area contributed by atoms with Crippen LogP contribution in [0.5, 0.6) is 0 Å². The van der Waals surface area contributed by atoms with E-state index in [9.17, 15) is 13.2 Å². The summed E-state index contributed by atoms with van der Waals surface area (Å²) in [5.41, 5.74) is 4.19. The van der Waals surface area contributed by atoms with Crippen LogP contribution in [-0.2, 0) is 10.0 Å². The summed E-state index contributed by atoms with van der Waals surface area (Å²) in [4.78, 5) is 19.9. The third-order valence-electron chi connectivity index (χ3n) is 5.14. The highest BCUT2D eigenvalue weighted by Crippen LogP contribution is 2.28. The van der Waals surface area contributed by atoms with Crippen LogP contribution in [0.4, 0.5) is 16.5 Å². The number of nitrogens with zero attached hydrogens (tertiary/aromatic N) is 2. The van der Waals surface area contributed by atoms with Crippen LogP contribution < -0.4 is 14.9 Å².